The summed E-state index contributed by atoms with van der Waals surface area (Å²) in [6, 6.07) is 0. The molecule has 154 valence electrons. The van der Waals surface area contributed by atoms with Gasteiger partial charge in [0.2, 0.25) is 0 Å². The highest BCUT2D eigenvalue weighted by atomic mass is 16.7. The molecular weight excluding hydrogens is 340 g/mol. The molecule has 1 saturated heterocycles. The Bertz CT molecular complexity index is 597. The average Bonchev–Trinajstić information content (AvgIpc) is 3.25. The van der Waals surface area contributed by atoms with Crippen LogP contribution in [0.25, 0.3) is 0 Å². The molecule has 4 heteroatoms. The monoisotopic (exact) mass is 378 g/mol. The summed E-state index contributed by atoms with van der Waals surface area (Å²) in [6.45, 7) is 8.70. The van der Waals surface area contributed by atoms with Crippen LogP contribution < -0.4 is 0 Å². The van der Waals surface area contributed by atoms with E-state index in [-0.39, 0.29) is 22.3 Å². The quantitative estimate of drug-likeness (QED) is 0.730. The molecule has 0 amide bonds. The summed E-state index contributed by atoms with van der Waals surface area (Å²) in [5.41, 5.74) is 0.0287. The van der Waals surface area contributed by atoms with Crippen molar-refractivity contribution in [1.29, 1.82) is 0 Å². The Kier molecular flexibility index (Phi) is 4.14. The molecule has 27 heavy (non-hydrogen) atoms. The molecule has 1 heterocycles. The van der Waals surface area contributed by atoms with E-state index in [0.717, 1.165) is 38.5 Å². The third kappa shape index (κ3) is 2.19. The lowest BCUT2D eigenvalue weighted by molar-refractivity contribution is -0.309. The molecule has 1 spiro atoms. The summed E-state index contributed by atoms with van der Waals surface area (Å²) in [7, 11) is 0. The van der Waals surface area contributed by atoms with Crippen LogP contribution in [0.15, 0.2) is 0 Å². The van der Waals surface area contributed by atoms with Gasteiger partial charge in [-0.15, -0.1) is 0 Å². The van der Waals surface area contributed by atoms with Crippen LogP contribution in [-0.4, -0.2) is 41.9 Å². The van der Waals surface area contributed by atoms with E-state index in [0.29, 0.717) is 43.5 Å². The molecule has 0 bridgehead atoms. The first kappa shape index (κ1) is 18.8. The van der Waals surface area contributed by atoms with Crippen molar-refractivity contribution in [1.82, 2.24) is 0 Å². The molecule has 4 saturated carbocycles. The van der Waals surface area contributed by atoms with Crippen LogP contribution in [0.4, 0.5) is 0 Å². The SMILES string of the molecule is CC1(C)C2CC[C@@H]3[C@H](CC[C@]4(C)C(O)CC[C@@H]34)[C@@]2(CO)CCC12OCCO2. The second kappa shape index (κ2) is 5.93. The van der Waals surface area contributed by atoms with Crippen LogP contribution >= 0.6 is 0 Å². The van der Waals surface area contributed by atoms with E-state index in [2.05, 4.69) is 20.8 Å². The predicted octanol–water partition coefficient (Wildman–Crippen LogP) is 3.74. The second-order valence-corrected chi connectivity index (χ2v) is 11.2. The van der Waals surface area contributed by atoms with E-state index in [1.54, 1.807) is 0 Å². The lowest BCUT2D eigenvalue weighted by Crippen LogP contribution is -2.65. The largest absolute Gasteiger partial charge is 0.396 e. The molecule has 2 N–H and O–H groups in total. The predicted molar refractivity (Wildman–Crippen MR) is 103 cm³/mol. The summed E-state index contributed by atoms with van der Waals surface area (Å²) < 4.78 is 12.5. The maximum Gasteiger partial charge on any atom is 0.173 e. The van der Waals surface area contributed by atoms with Gasteiger partial charge in [0, 0.05) is 23.9 Å². The van der Waals surface area contributed by atoms with Crippen molar-refractivity contribution < 1.29 is 19.7 Å². The van der Waals surface area contributed by atoms with Crippen LogP contribution in [0.1, 0.15) is 72.1 Å². The number of aliphatic hydroxyl groups excluding tert-OH is 2. The first-order valence-electron chi connectivity index (χ1n) is 11.4. The van der Waals surface area contributed by atoms with Gasteiger partial charge in [0.1, 0.15) is 0 Å². The van der Waals surface area contributed by atoms with E-state index in [1.807, 2.05) is 0 Å². The van der Waals surface area contributed by atoms with Crippen molar-refractivity contribution in [2.45, 2.75) is 84.0 Å². The van der Waals surface area contributed by atoms with Crippen molar-refractivity contribution in [3.63, 3.8) is 0 Å². The summed E-state index contributed by atoms with van der Waals surface area (Å²) in [5.74, 6) is 1.88. The fraction of sp³-hybridized carbons (Fsp3) is 1.00. The third-order valence-corrected chi connectivity index (χ3v) is 10.4. The zero-order valence-corrected chi connectivity index (χ0v) is 17.4. The van der Waals surface area contributed by atoms with Crippen LogP contribution in [0.2, 0.25) is 0 Å². The molecule has 0 aromatic carbocycles. The number of aliphatic hydroxyl groups is 2. The van der Waals surface area contributed by atoms with Gasteiger partial charge in [-0.3, -0.25) is 0 Å². The van der Waals surface area contributed by atoms with Gasteiger partial charge in [-0.05, 0) is 74.0 Å². The van der Waals surface area contributed by atoms with Crippen molar-refractivity contribution >= 4 is 0 Å². The van der Waals surface area contributed by atoms with E-state index >= 15 is 0 Å². The van der Waals surface area contributed by atoms with Crippen molar-refractivity contribution in [3.05, 3.63) is 0 Å². The topological polar surface area (TPSA) is 58.9 Å². The van der Waals surface area contributed by atoms with Gasteiger partial charge in [-0.25, -0.2) is 0 Å². The number of hydrogen-bond acceptors (Lipinski definition) is 4. The molecule has 0 aromatic rings. The molecule has 0 aromatic heterocycles. The van der Waals surface area contributed by atoms with Gasteiger partial charge in [0.25, 0.3) is 0 Å². The zero-order chi connectivity index (χ0) is 19.1. The van der Waals surface area contributed by atoms with Gasteiger partial charge in [-0.2, -0.15) is 0 Å². The van der Waals surface area contributed by atoms with E-state index < -0.39 is 5.79 Å². The first-order chi connectivity index (χ1) is 12.8. The smallest absolute Gasteiger partial charge is 0.173 e. The van der Waals surface area contributed by atoms with E-state index in [9.17, 15) is 10.2 Å². The minimum Gasteiger partial charge on any atom is -0.396 e. The Morgan fingerprint density at radius 2 is 1.59 bits per heavy atom. The van der Waals surface area contributed by atoms with Crippen molar-refractivity contribution in [2.24, 2.45) is 39.9 Å². The fourth-order valence-electron chi connectivity index (χ4n) is 8.98. The number of hydrogen-bond donors (Lipinski definition) is 2. The maximum absolute atomic E-state index is 10.8. The Balaban J connectivity index is 1.51. The lowest BCUT2D eigenvalue weighted by Gasteiger charge is -2.66. The molecule has 2 unspecified atom stereocenters. The lowest BCUT2D eigenvalue weighted by atomic mass is 9.40. The van der Waals surface area contributed by atoms with Crippen molar-refractivity contribution in [2.75, 3.05) is 19.8 Å². The highest BCUT2D eigenvalue weighted by Gasteiger charge is 2.68. The van der Waals surface area contributed by atoms with Crippen LogP contribution in [0.3, 0.4) is 0 Å². The third-order valence-electron chi connectivity index (χ3n) is 10.4. The molecular formula is C23H38O4. The van der Waals surface area contributed by atoms with Crippen molar-refractivity contribution in [3.8, 4) is 0 Å². The van der Waals surface area contributed by atoms with Gasteiger partial charge < -0.3 is 19.7 Å². The summed E-state index contributed by atoms with van der Waals surface area (Å²) in [5, 5.41) is 21.5. The molecule has 5 fully saturated rings. The molecule has 1 aliphatic heterocycles. The molecule has 5 rings (SSSR count). The minimum atomic E-state index is -0.449. The Morgan fingerprint density at radius 1 is 0.852 bits per heavy atom. The van der Waals surface area contributed by atoms with E-state index in [1.165, 1.54) is 12.8 Å². The highest BCUT2D eigenvalue weighted by Crippen LogP contribution is 2.70. The average molecular weight is 379 g/mol. The standard InChI is InChI=1S/C23H38O4/c1-20(2)18-6-4-15-16-5-7-19(25)21(16,3)9-8-17(15)22(18,14-24)10-11-23(20)26-12-13-27-23/h15-19,24-25H,4-14H2,1-3H3/t15-,16-,17-,18?,19?,21-,22-/m0/s1. The Morgan fingerprint density at radius 3 is 2.30 bits per heavy atom. The van der Waals surface area contributed by atoms with E-state index in [4.69, 9.17) is 9.47 Å². The maximum atomic E-state index is 10.8. The molecule has 7 atom stereocenters. The minimum absolute atomic E-state index is 0.00183. The normalized spacial score (nSPS) is 53.0. The zero-order valence-electron chi connectivity index (χ0n) is 17.4. The summed E-state index contributed by atoms with van der Waals surface area (Å²) in [6.07, 6.45) is 8.62. The highest BCUT2D eigenvalue weighted by molar-refractivity contribution is 5.15. The number of ether oxygens (including phenoxy) is 2. The van der Waals surface area contributed by atoms with Gasteiger partial charge in [0.15, 0.2) is 5.79 Å². The number of rotatable bonds is 1. The summed E-state index contributed by atoms with van der Waals surface area (Å²) in [4.78, 5) is 0. The number of fused-ring (bicyclic) bond motifs is 5. The summed E-state index contributed by atoms with van der Waals surface area (Å²) >= 11 is 0. The fourth-order valence-corrected chi connectivity index (χ4v) is 8.98. The molecule has 4 aliphatic carbocycles. The first-order valence-corrected chi connectivity index (χ1v) is 11.4. The Labute approximate surface area is 164 Å². The van der Waals surface area contributed by atoms with Gasteiger partial charge in [0.05, 0.1) is 19.3 Å². The van der Waals surface area contributed by atoms with Crippen LogP contribution in [-0.2, 0) is 9.47 Å². The van der Waals surface area contributed by atoms with Gasteiger partial charge >= 0.3 is 0 Å². The molecule has 5 aliphatic rings. The second-order valence-electron chi connectivity index (χ2n) is 11.2. The Hall–Kier alpha value is -0.160. The molecule has 0 radical (unpaired) electrons. The molecule has 4 nitrogen and oxygen atoms in total. The van der Waals surface area contributed by atoms with Gasteiger partial charge in [-0.1, -0.05) is 20.8 Å². The van der Waals surface area contributed by atoms with Crippen LogP contribution in [0.5, 0.6) is 0 Å². The van der Waals surface area contributed by atoms with Crippen LogP contribution in [0, 0.1) is 39.9 Å².